The van der Waals surface area contributed by atoms with E-state index >= 15 is 0 Å². The van der Waals surface area contributed by atoms with E-state index in [0.29, 0.717) is 11.6 Å². The van der Waals surface area contributed by atoms with Gasteiger partial charge in [0, 0.05) is 45.1 Å². The van der Waals surface area contributed by atoms with Gasteiger partial charge in [0.2, 0.25) is 0 Å². The lowest BCUT2D eigenvalue weighted by Crippen LogP contribution is -2.50. The highest BCUT2D eigenvalue weighted by Crippen LogP contribution is 2.17. The largest absolute Gasteiger partial charge is 0.382 e. The molecule has 0 unspecified atom stereocenters. The molecule has 128 valence electrons. The van der Waals surface area contributed by atoms with Crippen molar-refractivity contribution in [3.05, 3.63) is 23.8 Å². The number of hydrogen-bond acceptors (Lipinski definition) is 5. The molecule has 1 saturated heterocycles. The van der Waals surface area contributed by atoms with Crippen LogP contribution in [-0.2, 0) is 4.74 Å². The quantitative estimate of drug-likeness (QED) is 0.774. The van der Waals surface area contributed by atoms with Gasteiger partial charge in [0.05, 0.1) is 11.9 Å². The Labute approximate surface area is 138 Å². The third kappa shape index (κ3) is 5.55. The molecule has 1 aromatic rings. The van der Waals surface area contributed by atoms with E-state index in [0.717, 1.165) is 51.4 Å². The number of amides is 1. The highest BCUT2D eigenvalue weighted by atomic mass is 16.5. The Morgan fingerprint density at radius 3 is 2.91 bits per heavy atom. The molecule has 23 heavy (non-hydrogen) atoms. The van der Waals surface area contributed by atoms with Crippen molar-refractivity contribution in [1.29, 1.82) is 0 Å². The van der Waals surface area contributed by atoms with Gasteiger partial charge in [-0.15, -0.1) is 0 Å². The molecule has 1 aliphatic heterocycles. The third-order valence-electron chi connectivity index (χ3n) is 4.29. The molecular formula is C17H28N4O2. The average molecular weight is 320 g/mol. The van der Waals surface area contributed by atoms with Gasteiger partial charge in [0.1, 0.15) is 5.69 Å². The number of hydrogen-bond donors (Lipinski definition) is 1. The van der Waals surface area contributed by atoms with Crippen LogP contribution in [0.25, 0.3) is 0 Å². The number of likely N-dealkylation sites (tertiary alicyclic amines) is 1. The second-order valence-corrected chi connectivity index (χ2v) is 6.24. The number of nitrogens with zero attached hydrogens (tertiary/aromatic N) is 3. The molecule has 2 atom stereocenters. The smallest absolute Gasteiger partial charge is 0.271 e. The maximum Gasteiger partial charge on any atom is 0.271 e. The van der Waals surface area contributed by atoms with Crippen LogP contribution in [0, 0.1) is 12.8 Å². The molecule has 0 radical (unpaired) electrons. The summed E-state index contributed by atoms with van der Waals surface area (Å²) in [6.07, 6.45) is 5.20. The molecule has 1 aromatic heterocycles. The number of nitrogens with one attached hydrogen (secondary N) is 1. The highest BCUT2D eigenvalue weighted by molar-refractivity contribution is 5.92. The first-order chi connectivity index (χ1) is 11.1. The molecule has 0 bridgehead atoms. The van der Waals surface area contributed by atoms with Crippen LogP contribution in [0.2, 0.25) is 0 Å². The van der Waals surface area contributed by atoms with Gasteiger partial charge in [-0.2, -0.15) is 0 Å². The second kappa shape index (κ2) is 8.93. The summed E-state index contributed by atoms with van der Waals surface area (Å²) in [7, 11) is 0. The molecule has 6 nitrogen and oxygen atoms in total. The predicted octanol–water partition coefficient (Wildman–Crippen LogP) is 1.65. The molecule has 1 aliphatic rings. The van der Waals surface area contributed by atoms with Crippen LogP contribution in [0.3, 0.4) is 0 Å². The molecule has 0 aliphatic carbocycles. The van der Waals surface area contributed by atoms with E-state index in [1.54, 1.807) is 6.20 Å². The minimum atomic E-state index is -0.126. The second-order valence-electron chi connectivity index (χ2n) is 6.24. The van der Waals surface area contributed by atoms with Gasteiger partial charge in [0.25, 0.3) is 5.91 Å². The Kier molecular flexibility index (Phi) is 6.92. The van der Waals surface area contributed by atoms with Crippen molar-refractivity contribution in [2.45, 2.75) is 39.7 Å². The summed E-state index contributed by atoms with van der Waals surface area (Å²) in [5.41, 5.74) is 1.21. The minimum Gasteiger partial charge on any atom is -0.382 e. The lowest BCUT2D eigenvalue weighted by Gasteiger charge is -2.37. The van der Waals surface area contributed by atoms with Crippen LogP contribution in [0.5, 0.6) is 0 Å². The van der Waals surface area contributed by atoms with E-state index in [2.05, 4.69) is 27.1 Å². The summed E-state index contributed by atoms with van der Waals surface area (Å²) in [5, 5.41) is 3.11. The van der Waals surface area contributed by atoms with Crippen molar-refractivity contribution in [3.8, 4) is 0 Å². The molecular weight excluding hydrogens is 292 g/mol. The Hall–Kier alpha value is -1.53. The number of aromatic nitrogens is 2. The number of piperidine rings is 1. The Balaban J connectivity index is 1.77. The SMILES string of the molecule is CCOCCCN1CC[C@@H](NC(=O)c2cnc(C)cn2)[C@H](C)C1. The van der Waals surface area contributed by atoms with Gasteiger partial charge in [-0.05, 0) is 32.6 Å². The Bertz CT molecular complexity index is 492. The molecule has 0 spiro atoms. The molecule has 2 rings (SSSR count). The molecule has 1 N–H and O–H groups in total. The highest BCUT2D eigenvalue weighted by Gasteiger charge is 2.27. The van der Waals surface area contributed by atoms with Crippen molar-refractivity contribution < 1.29 is 9.53 Å². The first-order valence-electron chi connectivity index (χ1n) is 8.49. The van der Waals surface area contributed by atoms with E-state index in [4.69, 9.17) is 4.74 Å². The zero-order valence-electron chi connectivity index (χ0n) is 14.4. The Morgan fingerprint density at radius 1 is 1.43 bits per heavy atom. The van der Waals surface area contributed by atoms with Crippen molar-refractivity contribution in [3.63, 3.8) is 0 Å². The summed E-state index contributed by atoms with van der Waals surface area (Å²) in [5.74, 6) is 0.303. The summed E-state index contributed by atoms with van der Waals surface area (Å²) in [4.78, 5) is 23.0. The first kappa shape index (κ1) is 17.8. The lowest BCUT2D eigenvalue weighted by molar-refractivity contribution is 0.0838. The van der Waals surface area contributed by atoms with Gasteiger partial charge in [-0.25, -0.2) is 4.98 Å². The zero-order valence-corrected chi connectivity index (χ0v) is 14.4. The number of carbonyl (C=O) groups is 1. The number of aryl methyl sites for hydroxylation is 1. The summed E-state index contributed by atoms with van der Waals surface area (Å²) in [6, 6.07) is 0.203. The van der Waals surface area contributed by atoms with Crippen molar-refractivity contribution in [2.24, 2.45) is 5.92 Å². The lowest BCUT2D eigenvalue weighted by atomic mass is 9.93. The molecule has 0 saturated carbocycles. The fourth-order valence-electron chi connectivity index (χ4n) is 2.94. The van der Waals surface area contributed by atoms with Crippen LogP contribution >= 0.6 is 0 Å². The standard InChI is InChI=1S/C17H28N4O2/c1-4-23-9-5-7-21-8-6-15(13(2)12-21)20-17(22)16-11-18-14(3)10-19-16/h10-11,13,15H,4-9,12H2,1-3H3,(H,20,22)/t13-,15-/m1/s1. The van der Waals surface area contributed by atoms with Crippen LogP contribution in [0.1, 0.15) is 42.9 Å². The number of carbonyl (C=O) groups excluding carboxylic acids is 1. The van der Waals surface area contributed by atoms with Crippen LogP contribution in [0.4, 0.5) is 0 Å². The van der Waals surface area contributed by atoms with E-state index in [9.17, 15) is 4.79 Å². The van der Waals surface area contributed by atoms with Gasteiger partial charge in [-0.3, -0.25) is 9.78 Å². The first-order valence-corrected chi connectivity index (χ1v) is 8.49. The van der Waals surface area contributed by atoms with E-state index in [-0.39, 0.29) is 11.9 Å². The molecule has 6 heteroatoms. The summed E-state index contributed by atoms with van der Waals surface area (Å²) < 4.78 is 5.39. The number of rotatable bonds is 7. The van der Waals surface area contributed by atoms with Crippen LogP contribution in [-0.4, -0.2) is 59.7 Å². The predicted molar refractivity (Wildman–Crippen MR) is 89.4 cm³/mol. The fourth-order valence-corrected chi connectivity index (χ4v) is 2.94. The van der Waals surface area contributed by atoms with Crippen molar-refractivity contribution in [1.82, 2.24) is 20.2 Å². The monoisotopic (exact) mass is 320 g/mol. The van der Waals surface area contributed by atoms with Gasteiger partial charge in [0.15, 0.2) is 0 Å². The third-order valence-corrected chi connectivity index (χ3v) is 4.29. The summed E-state index contributed by atoms with van der Waals surface area (Å²) in [6.45, 7) is 10.8. The van der Waals surface area contributed by atoms with Crippen molar-refractivity contribution >= 4 is 5.91 Å². The number of ether oxygens (including phenoxy) is 1. The van der Waals surface area contributed by atoms with E-state index in [1.165, 1.54) is 6.20 Å². The minimum absolute atomic E-state index is 0.126. The molecule has 0 aromatic carbocycles. The maximum atomic E-state index is 12.3. The average Bonchev–Trinajstić information content (AvgIpc) is 2.54. The van der Waals surface area contributed by atoms with E-state index < -0.39 is 0 Å². The van der Waals surface area contributed by atoms with Gasteiger partial charge in [-0.1, -0.05) is 6.92 Å². The normalized spacial score (nSPS) is 22.0. The molecule has 2 heterocycles. The van der Waals surface area contributed by atoms with Crippen LogP contribution in [0.15, 0.2) is 12.4 Å². The molecule has 1 fully saturated rings. The van der Waals surface area contributed by atoms with Gasteiger partial charge < -0.3 is 15.0 Å². The fraction of sp³-hybridized carbons (Fsp3) is 0.706. The van der Waals surface area contributed by atoms with Crippen molar-refractivity contribution in [2.75, 3.05) is 32.8 Å². The van der Waals surface area contributed by atoms with Gasteiger partial charge >= 0.3 is 0 Å². The van der Waals surface area contributed by atoms with E-state index in [1.807, 2.05) is 13.8 Å². The topological polar surface area (TPSA) is 67.3 Å². The van der Waals surface area contributed by atoms with Crippen LogP contribution < -0.4 is 5.32 Å². The maximum absolute atomic E-state index is 12.3. The Morgan fingerprint density at radius 2 is 2.26 bits per heavy atom. The summed E-state index contributed by atoms with van der Waals surface area (Å²) >= 11 is 0. The zero-order chi connectivity index (χ0) is 16.7. The molecule has 1 amide bonds.